The van der Waals surface area contributed by atoms with Crippen LogP contribution in [0.4, 0.5) is 10.8 Å². The van der Waals surface area contributed by atoms with E-state index in [2.05, 4.69) is 15.2 Å². The SMILES string of the molecule is COc1ccc(N2CCN(C(=O)c3csc(NC(=O)c4ccc(Cl)cc4)n3)CC2)cc1. The summed E-state index contributed by atoms with van der Waals surface area (Å²) in [5, 5.41) is 5.36. The summed E-state index contributed by atoms with van der Waals surface area (Å²) in [6.07, 6.45) is 0. The highest BCUT2D eigenvalue weighted by Gasteiger charge is 2.24. The lowest BCUT2D eigenvalue weighted by molar-refractivity contribution is 0.0741. The first-order valence-electron chi connectivity index (χ1n) is 9.74. The van der Waals surface area contributed by atoms with E-state index in [0.29, 0.717) is 34.5 Å². The predicted molar refractivity (Wildman–Crippen MR) is 123 cm³/mol. The van der Waals surface area contributed by atoms with E-state index < -0.39 is 0 Å². The lowest BCUT2D eigenvalue weighted by Crippen LogP contribution is -2.48. The van der Waals surface area contributed by atoms with Crippen LogP contribution in [0.3, 0.4) is 0 Å². The first-order chi connectivity index (χ1) is 15.0. The summed E-state index contributed by atoms with van der Waals surface area (Å²) in [5.41, 5.74) is 1.92. The lowest BCUT2D eigenvalue weighted by Gasteiger charge is -2.35. The van der Waals surface area contributed by atoms with Crippen molar-refractivity contribution in [1.82, 2.24) is 9.88 Å². The number of methoxy groups -OCH3 is 1. The van der Waals surface area contributed by atoms with Gasteiger partial charge in [-0.05, 0) is 48.5 Å². The predicted octanol–water partition coefficient (Wildman–Crippen LogP) is 4.02. The Labute approximate surface area is 189 Å². The van der Waals surface area contributed by atoms with Gasteiger partial charge in [-0.3, -0.25) is 14.9 Å². The molecule has 4 rings (SSSR count). The fraction of sp³-hybridized carbons (Fsp3) is 0.227. The molecule has 1 N–H and O–H groups in total. The van der Waals surface area contributed by atoms with Gasteiger partial charge in [-0.25, -0.2) is 4.98 Å². The third kappa shape index (κ3) is 4.98. The molecule has 3 aromatic rings. The molecule has 160 valence electrons. The van der Waals surface area contributed by atoms with Crippen molar-refractivity contribution in [1.29, 1.82) is 0 Å². The number of rotatable bonds is 5. The molecule has 1 fully saturated rings. The van der Waals surface area contributed by atoms with Crippen LogP contribution in [0.2, 0.25) is 5.02 Å². The molecule has 2 amide bonds. The molecule has 2 aromatic carbocycles. The molecule has 0 radical (unpaired) electrons. The Balaban J connectivity index is 1.33. The maximum Gasteiger partial charge on any atom is 0.273 e. The quantitative estimate of drug-likeness (QED) is 0.627. The Hall–Kier alpha value is -3.10. The minimum atomic E-state index is -0.293. The van der Waals surface area contributed by atoms with E-state index in [-0.39, 0.29) is 11.8 Å². The number of hydrogen-bond acceptors (Lipinski definition) is 6. The van der Waals surface area contributed by atoms with E-state index in [1.54, 1.807) is 41.7 Å². The van der Waals surface area contributed by atoms with Gasteiger partial charge in [0.05, 0.1) is 7.11 Å². The summed E-state index contributed by atoms with van der Waals surface area (Å²) in [6.45, 7) is 2.69. The van der Waals surface area contributed by atoms with Crippen LogP contribution >= 0.6 is 22.9 Å². The van der Waals surface area contributed by atoms with E-state index in [0.717, 1.165) is 24.5 Å². The number of nitrogens with zero attached hydrogens (tertiary/aromatic N) is 3. The molecule has 1 aliphatic rings. The van der Waals surface area contributed by atoms with Gasteiger partial charge in [0, 0.05) is 47.8 Å². The summed E-state index contributed by atoms with van der Waals surface area (Å²) in [7, 11) is 1.65. The highest BCUT2D eigenvalue weighted by atomic mass is 35.5. The van der Waals surface area contributed by atoms with Crippen molar-refractivity contribution in [2.75, 3.05) is 43.5 Å². The Morgan fingerprint density at radius 2 is 1.71 bits per heavy atom. The number of benzene rings is 2. The Bertz CT molecular complexity index is 1060. The Kier molecular flexibility index (Phi) is 6.39. The monoisotopic (exact) mass is 456 g/mol. The number of anilines is 2. The topological polar surface area (TPSA) is 74.8 Å². The summed E-state index contributed by atoms with van der Waals surface area (Å²) in [6, 6.07) is 14.5. The van der Waals surface area contributed by atoms with Gasteiger partial charge in [0.15, 0.2) is 5.13 Å². The number of amides is 2. The lowest BCUT2D eigenvalue weighted by atomic mass is 10.2. The first kappa shape index (κ1) is 21.1. The molecule has 0 bridgehead atoms. The summed E-state index contributed by atoms with van der Waals surface area (Å²) in [4.78, 5) is 33.5. The maximum atomic E-state index is 12.8. The third-order valence-corrected chi connectivity index (χ3v) is 6.06. The molecule has 0 atom stereocenters. The number of nitrogens with one attached hydrogen (secondary N) is 1. The van der Waals surface area contributed by atoms with Gasteiger partial charge in [0.25, 0.3) is 11.8 Å². The molecule has 1 aliphatic heterocycles. The number of ether oxygens (including phenoxy) is 1. The molecule has 1 aromatic heterocycles. The molecule has 31 heavy (non-hydrogen) atoms. The zero-order chi connectivity index (χ0) is 21.8. The smallest absolute Gasteiger partial charge is 0.273 e. The van der Waals surface area contributed by atoms with Crippen LogP contribution in [0.1, 0.15) is 20.8 Å². The van der Waals surface area contributed by atoms with Crippen LogP contribution < -0.4 is 15.0 Å². The average Bonchev–Trinajstić information content (AvgIpc) is 3.27. The molecule has 2 heterocycles. The second-order valence-corrected chi connectivity index (χ2v) is 8.27. The molecule has 0 spiro atoms. The highest BCUT2D eigenvalue weighted by Crippen LogP contribution is 2.22. The first-order valence-corrected chi connectivity index (χ1v) is 11.0. The molecule has 0 saturated carbocycles. The van der Waals surface area contributed by atoms with Gasteiger partial charge in [0.1, 0.15) is 11.4 Å². The summed E-state index contributed by atoms with van der Waals surface area (Å²) in [5.74, 6) is 0.399. The van der Waals surface area contributed by atoms with Crippen LogP contribution in [0.25, 0.3) is 0 Å². The van der Waals surface area contributed by atoms with E-state index in [4.69, 9.17) is 16.3 Å². The Morgan fingerprint density at radius 1 is 1.03 bits per heavy atom. The second kappa shape index (κ2) is 9.36. The number of halogens is 1. The molecule has 9 heteroatoms. The van der Waals surface area contributed by atoms with E-state index >= 15 is 0 Å². The van der Waals surface area contributed by atoms with Crippen LogP contribution in [0.15, 0.2) is 53.9 Å². The zero-order valence-corrected chi connectivity index (χ0v) is 18.4. The Morgan fingerprint density at radius 3 is 2.35 bits per heavy atom. The maximum absolute atomic E-state index is 12.8. The van der Waals surface area contributed by atoms with Crippen molar-refractivity contribution in [2.45, 2.75) is 0 Å². The number of carbonyl (C=O) groups excluding carboxylic acids is 2. The fourth-order valence-electron chi connectivity index (χ4n) is 3.32. The molecular formula is C22H21ClN4O3S. The normalized spacial score (nSPS) is 13.7. The molecule has 0 unspecified atom stereocenters. The molecular weight excluding hydrogens is 436 g/mol. The largest absolute Gasteiger partial charge is 0.497 e. The minimum absolute atomic E-state index is 0.127. The number of carbonyl (C=O) groups is 2. The van der Waals surface area contributed by atoms with Gasteiger partial charge < -0.3 is 14.5 Å². The van der Waals surface area contributed by atoms with Crippen LogP contribution in [-0.2, 0) is 0 Å². The van der Waals surface area contributed by atoms with Crippen molar-refractivity contribution in [3.8, 4) is 5.75 Å². The number of hydrogen-bond donors (Lipinski definition) is 1. The minimum Gasteiger partial charge on any atom is -0.497 e. The standard InChI is InChI=1S/C22H21ClN4O3S/c1-30-18-8-6-17(7-9-18)26-10-12-27(13-11-26)21(29)19-14-31-22(24-19)25-20(28)15-2-4-16(23)5-3-15/h2-9,14H,10-13H2,1H3,(H,24,25,28). The van der Waals surface area contributed by atoms with E-state index in [9.17, 15) is 9.59 Å². The fourth-order valence-corrected chi connectivity index (χ4v) is 4.13. The van der Waals surface area contributed by atoms with E-state index in [1.807, 2.05) is 24.3 Å². The van der Waals surface area contributed by atoms with Crippen molar-refractivity contribution in [3.05, 3.63) is 70.2 Å². The third-order valence-electron chi connectivity index (χ3n) is 5.05. The van der Waals surface area contributed by atoms with Gasteiger partial charge in [-0.15, -0.1) is 11.3 Å². The summed E-state index contributed by atoms with van der Waals surface area (Å²) < 4.78 is 5.20. The number of thiazole rings is 1. The van der Waals surface area contributed by atoms with Crippen LogP contribution in [0.5, 0.6) is 5.75 Å². The van der Waals surface area contributed by atoms with Crippen LogP contribution in [0, 0.1) is 0 Å². The summed E-state index contributed by atoms with van der Waals surface area (Å²) >= 11 is 7.08. The van der Waals surface area contributed by atoms with Gasteiger partial charge in [-0.1, -0.05) is 11.6 Å². The zero-order valence-electron chi connectivity index (χ0n) is 16.9. The molecule has 7 nitrogen and oxygen atoms in total. The van der Waals surface area contributed by atoms with Crippen molar-refractivity contribution < 1.29 is 14.3 Å². The van der Waals surface area contributed by atoms with Crippen molar-refractivity contribution in [2.24, 2.45) is 0 Å². The molecule has 0 aliphatic carbocycles. The van der Waals surface area contributed by atoms with Gasteiger partial charge >= 0.3 is 0 Å². The number of piperazine rings is 1. The highest BCUT2D eigenvalue weighted by molar-refractivity contribution is 7.14. The van der Waals surface area contributed by atoms with Crippen molar-refractivity contribution in [3.63, 3.8) is 0 Å². The number of aromatic nitrogens is 1. The average molecular weight is 457 g/mol. The molecule has 1 saturated heterocycles. The van der Waals surface area contributed by atoms with Gasteiger partial charge in [0.2, 0.25) is 0 Å². The van der Waals surface area contributed by atoms with E-state index in [1.165, 1.54) is 11.3 Å². The van der Waals surface area contributed by atoms with Crippen molar-refractivity contribution >= 4 is 45.6 Å². The van der Waals surface area contributed by atoms with Gasteiger partial charge in [-0.2, -0.15) is 0 Å². The second-order valence-electron chi connectivity index (χ2n) is 6.98. The van der Waals surface area contributed by atoms with Crippen LogP contribution in [-0.4, -0.2) is 55.0 Å².